The first kappa shape index (κ1) is 19.4. The highest BCUT2D eigenvalue weighted by molar-refractivity contribution is 5.90. The Bertz CT molecular complexity index is 875. The molecule has 1 atom stereocenters. The number of nitrogens with zero attached hydrogens (tertiary/aromatic N) is 3. The maximum absolute atomic E-state index is 13.1. The lowest BCUT2D eigenvalue weighted by Crippen LogP contribution is -2.60. The molecule has 1 aromatic carbocycles. The molecule has 2 aromatic rings. The van der Waals surface area contributed by atoms with Gasteiger partial charge in [0.2, 0.25) is 11.8 Å². The number of rotatable bonds is 6. The number of carbonyl (C=O) groups is 2. The summed E-state index contributed by atoms with van der Waals surface area (Å²) >= 11 is 0. The van der Waals surface area contributed by atoms with Crippen LogP contribution < -0.4 is 0 Å². The average molecular weight is 389 g/mol. The molecule has 1 aromatic heterocycles. The number of pyridine rings is 1. The summed E-state index contributed by atoms with van der Waals surface area (Å²) in [4.78, 5) is 33.8. The highest BCUT2D eigenvalue weighted by Crippen LogP contribution is 2.30. The highest BCUT2D eigenvalue weighted by atomic mass is 16.2. The Balaban J connectivity index is 1.54. The van der Waals surface area contributed by atoms with Crippen molar-refractivity contribution in [2.45, 2.75) is 31.7 Å². The van der Waals surface area contributed by atoms with Gasteiger partial charge in [-0.1, -0.05) is 36.8 Å². The van der Waals surface area contributed by atoms with E-state index in [0.29, 0.717) is 26.1 Å². The van der Waals surface area contributed by atoms with E-state index in [2.05, 4.69) is 35.8 Å². The zero-order valence-corrected chi connectivity index (χ0v) is 16.7. The van der Waals surface area contributed by atoms with E-state index in [-0.39, 0.29) is 17.7 Å². The first-order valence-corrected chi connectivity index (χ1v) is 10.4. The first-order valence-electron chi connectivity index (χ1n) is 10.4. The third-order valence-corrected chi connectivity index (χ3v) is 6.07. The summed E-state index contributed by atoms with van der Waals surface area (Å²) in [5, 5.41) is 0. The van der Waals surface area contributed by atoms with Gasteiger partial charge in [-0.15, -0.1) is 6.58 Å². The molecule has 29 heavy (non-hydrogen) atoms. The standard InChI is InChI=1S/C24H27N3O2/c1-2-14-26-15-16-27(23(28)21-4-3-5-21)22(24(26)29)17-18-6-8-19(9-7-18)20-10-12-25-13-11-20/h2,6-13,21-22H,1,3-5,14-17H2/t22-/m1/s1. The monoisotopic (exact) mass is 389 g/mol. The fraction of sp³-hybridized carbons (Fsp3) is 0.375. The molecule has 1 saturated carbocycles. The SMILES string of the molecule is C=CCN1CCN(C(=O)C2CCC2)[C@H](Cc2ccc(-c3ccncc3)cc2)C1=O. The molecule has 2 heterocycles. The number of amides is 2. The minimum atomic E-state index is -0.427. The molecule has 0 bridgehead atoms. The lowest BCUT2D eigenvalue weighted by atomic mass is 9.83. The molecule has 2 fully saturated rings. The largest absolute Gasteiger partial charge is 0.335 e. The summed E-state index contributed by atoms with van der Waals surface area (Å²) in [5.74, 6) is 0.286. The van der Waals surface area contributed by atoms with Gasteiger partial charge < -0.3 is 9.80 Å². The molecular weight excluding hydrogens is 362 g/mol. The molecule has 1 aliphatic heterocycles. The van der Waals surface area contributed by atoms with Crippen molar-refractivity contribution in [3.8, 4) is 11.1 Å². The molecule has 1 aliphatic carbocycles. The Morgan fingerprint density at radius 3 is 2.38 bits per heavy atom. The van der Waals surface area contributed by atoms with E-state index in [1.165, 1.54) is 0 Å². The van der Waals surface area contributed by atoms with Gasteiger partial charge in [0.1, 0.15) is 6.04 Å². The summed E-state index contributed by atoms with van der Waals surface area (Å²) in [6.45, 7) is 5.48. The topological polar surface area (TPSA) is 53.5 Å². The van der Waals surface area contributed by atoms with Crippen molar-refractivity contribution in [2.75, 3.05) is 19.6 Å². The highest BCUT2D eigenvalue weighted by Gasteiger charge is 2.40. The number of hydrogen-bond donors (Lipinski definition) is 0. The van der Waals surface area contributed by atoms with Crippen LogP contribution in [0.1, 0.15) is 24.8 Å². The third-order valence-electron chi connectivity index (χ3n) is 6.07. The number of benzene rings is 1. The fourth-order valence-electron chi connectivity index (χ4n) is 4.13. The number of carbonyl (C=O) groups excluding carboxylic acids is 2. The minimum Gasteiger partial charge on any atom is -0.335 e. The molecule has 1 saturated heterocycles. The summed E-state index contributed by atoms with van der Waals surface area (Å²) in [7, 11) is 0. The van der Waals surface area contributed by atoms with Gasteiger partial charge in [0, 0.05) is 44.4 Å². The van der Waals surface area contributed by atoms with Crippen molar-refractivity contribution < 1.29 is 9.59 Å². The Kier molecular flexibility index (Phi) is 5.74. The number of hydrogen-bond acceptors (Lipinski definition) is 3. The van der Waals surface area contributed by atoms with E-state index in [4.69, 9.17) is 0 Å². The van der Waals surface area contributed by atoms with Crippen molar-refractivity contribution in [1.29, 1.82) is 0 Å². The van der Waals surface area contributed by atoms with E-state index in [0.717, 1.165) is 36.0 Å². The van der Waals surface area contributed by atoms with Crippen LogP contribution in [0, 0.1) is 5.92 Å². The Morgan fingerprint density at radius 2 is 1.76 bits per heavy atom. The minimum absolute atomic E-state index is 0.0297. The van der Waals surface area contributed by atoms with Crippen LogP contribution in [0.3, 0.4) is 0 Å². The zero-order chi connectivity index (χ0) is 20.2. The van der Waals surface area contributed by atoms with Crippen LogP contribution >= 0.6 is 0 Å². The molecule has 2 aliphatic rings. The van der Waals surface area contributed by atoms with Crippen LogP contribution in [-0.4, -0.2) is 52.3 Å². The van der Waals surface area contributed by atoms with Gasteiger partial charge in [-0.3, -0.25) is 14.6 Å². The van der Waals surface area contributed by atoms with Crippen LogP contribution in [-0.2, 0) is 16.0 Å². The summed E-state index contributed by atoms with van der Waals surface area (Å²) < 4.78 is 0. The molecule has 0 spiro atoms. The molecular formula is C24H27N3O2. The van der Waals surface area contributed by atoms with E-state index in [9.17, 15) is 9.59 Å². The second kappa shape index (κ2) is 8.60. The van der Waals surface area contributed by atoms with Crippen LogP contribution in [0.15, 0.2) is 61.4 Å². The van der Waals surface area contributed by atoms with Gasteiger partial charge >= 0.3 is 0 Å². The molecule has 150 valence electrons. The van der Waals surface area contributed by atoms with Gasteiger partial charge in [0.05, 0.1) is 0 Å². The van der Waals surface area contributed by atoms with Crippen LogP contribution in [0.5, 0.6) is 0 Å². The molecule has 0 N–H and O–H groups in total. The third kappa shape index (κ3) is 4.09. The Morgan fingerprint density at radius 1 is 1.07 bits per heavy atom. The molecule has 4 rings (SSSR count). The van der Waals surface area contributed by atoms with E-state index in [1.807, 2.05) is 21.9 Å². The van der Waals surface area contributed by atoms with Crippen LogP contribution in [0.4, 0.5) is 0 Å². The maximum atomic E-state index is 13.1. The molecule has 5 nitrogen and oxygen atoms in total. The van der Waals surface area contributed by atoms with Gasteiger partial charge in [-0.2, -0.15) is 0 Å². The van der Waals surface area contributed by atoms with E-state index < -0.39 is 6.04 Å². The van der Waals surface area contributed by atoms with Crippen molar-refractivity contribution in [2.24, 2.45) is 5.92 Å². The number of aromatic nitrogens is 1. The van der Waals surface area contributed by atoms with Crippen molar-refractivity contribution in [3.05, 3.63) is 67.0 Å². The molecule has 2 amide bonds. The Hall–Kier alpha value is -2.95. The normalized spacial score (nSPS) is 19.7. The second-order valence-electron chi connectivity index (χ2n) is 7.89. The van der Waals surface area contributed by atoms with Crippen molar-refractivity contribution in [1.82, 2.24) is 14.8 Å². The fourth-order valence-corrected chi connectivity index (χ4v) is 4.13. The summed E-state index contributed by atoms with van der Waals surface area (Å²) in [5.41, 5.74) is 3.29. The van der Waals surface area contributed by atoms with Crippen LogP contribution in [0.2, 0.25) is 0 Å². The summed E-state index contributed by atoms with van der Waals surface area (Å²) in [6, 6.07) is 11.8. The Labute approximate surface area is 172 Å². The first-order chi connectivity index (χ1) is 14.2. The lowest BCUT2D eigenvalue weighted by molar-refractivity contribution is -0.154. The zero-order valence-electron chi connectivity index (χ0n) is 16.7. The van der Waals surface area contributed by atoms with Crippen molar-refractivity contribution in [3.63, 3.8) is 0 Å². The molecule has 0 radical (unpaired) electrons. The van der Waals surface area contributed by atoms with E-state index >= 15 is 0 Å². The van der Waals surface area contributed by atoms with Crippen molar-refractivity contribution >= 4 is 11.8 Å². The van der Waals surface area contributed by atoms with Gasteiger partial charge in [0.25, 0.3) is 0 Å². The van der Waals surface area contributed by atoms with Gasteiger partial charge in [-0.05, 0) is 41.7 Å². The average Bonchev–Trinajstić information content (AvgIpc) is 2.71. The smallest absolute Gasteiger partial charge is 0.246 e. The van der Waals surface area contributed by atoms with Crippen LogP contribution in [0.25, 0.3) is 11.1 Å². The summed E-state index contributed by atoms with van der Waals surface area (Å²) in [6.07, 6.45) is 8.87. The maximum Gasteiger partial charge on any atom is 0.246 e. The number of piperazine rings is 1. The molecule has 0 unspecified atom stereocenters. The lowest BCUT2D eigenvalue weighted by Gasteiger charge is -2.43. The quantitative estimate of drug-likeness (QED) is 0.712. The second-order valence-corrected chi connectivity index (χ2v) is 7.89. The predicted molar refractivity (Wildman–Crippen MR) is 113 cm³/mol. The van der Waals surface area contributed by atoms with Gasteiger partial charge in [0.15, 0.2) is 0 Å². The molecule has 5 heteroatoms. The predicted octanol–water partition coefficient (Wildman–Crippen LogP) is 3.32. The van der Waals surface area contributed by atoms with E-state index in [1.54, 1.807) is 18.5 Å². The van der Waals surface area contributed by atoms with Gasteiger partial charge in [-0.25, -0.2) is 0 Å².